The van der Waals surface area contributed by atoms with Crippen molar-refractivity contribution in [2.45, 2.75) is 20.4 Å². The Hall–Kier alpha value is -1.48. The van der Waals surface area contributed by atoms with Crippen LogP contribution in [0.15, 0.2) is 28.9 Å². The number of fused-ring (bicyclic) bond motifs is 1. The molecule has 3 heteroatoms. The summed E-state index contributed by atoms with van der Waals surface area (Å²) in [6.07, 6.45) is 1.80. The summed E-state index contributed by atoms with van der Waals surface area (Å²) >= 11 is 0. The normalized spacial score (nSPS) is 10.9. The Labute approximate surface area is 95.4 Å². The number of benzene rings is 1. The minimum Gasteiger partial charge on any atom is -0.490 e. The summed E-state index contributed by atoms with van der Waals surface area (Å²) in [4.78, 5) is 0. The van der Waals surface area contributed by atoms with Crippen LogP contribution in [0.1, 0.15) is 19.4 Å². The van der Waals surface area contributed by atoms with Crippen LogP contribution < -0.4 is 10.1 Å². The Morgan fingerprint density at radius 2 is 2.19 bits per heavy atom. The van der Waals surface area contributed by atoms with Gasteiger partial charge in [0, 0.05) is 17.5 Å². The summed E-state index contributed by atoms with van der Waals surface area (Å²) < 4.78 is 11.1. The summed E-state index contributed by atoms with van der Waals surface area (Å²) in [6.45, 7) is 6.51. The molecule has 0 fully saturated rings. The molecule has 0 saturated heterocycles. The minimum atomic E-state index is 0.655. The fraction of sp³-hybridized carbons (Fsp3) is 0.385. The molecule has 1 N–H and O–H groups in total. The van der Waals surface area contributed by atoms with Gasteiger partial charge in [0.2, 0.25) is 0 Å². The smallest absolute Gasteiger partial charge is 0.176 e. The van der Waals surface area contributed by atoms with Crippen LogP contribution in [0.4, 0.5) is 0 Å². The lowest BCUT2D eigenvalue weighted by Gasteiger charge is -2.03. The fourth-order valence-corrected chi connectivity index (χ4v) is 1.75. The van der Waals surface area contributed by atoms with Gasteiger partial charge in [-0.3, -0.25) is 0 Å². The van der Waals surface area contributed by atoms with Crippen molar-refractivity contribution in [3.05, 3.63) is 30.0 Å². The highest BCUT2D eigenvalue weighted by Crippen LogP contribution is 2.29. The predicted molar refractivity (Wildman–Crippen MR) is 64.8 cm³/mol. The highest BCUT2D eigenvalue weighted by atomic mass is 16.5. The number of nitrogens with one attached hydrogen (secondary N) is 1. The molecule has 0 radical (unpaired) electrons. The van der Waals surface area contributed by atoms with E-state index in [0.29, 0.717) is 6.61 Å². The average molecular weight is 219 g/mol. The van der Waals surface area contributed by atoms with Gasteiger partial charge in [-0.15, -0.1) is 0 Å². The lowest BCUT2D eigenvalue weighted by atomic mass is 10.1. The zero-order valence-corrected chi connectivity index (χ0v) is 9.75. The molecule has 2 aromatic rings. The van der Waals surface area contributed by atoms with E-state index in [2.05, 4.69) is 18.3 Å². The third kappa shape index (κ3) is 2.04. The van der Waals surface area contributed by atoms with Crippen molar-refractivity contribution >= 4 is 11.0 Å². The predicted octanol–water partition coefficient (Wildman–Crippen LogP) is 2.94. The number of hydrogen-bond acceptors (Lipinski definition) is 3. The van der Waals surface area contributed by atoms with Gasteiger partial charge in [0.15, 0.2) is 11.3 Å². The first-order chi connectivity index (χ1) is 7.86. The summed E-state index contributed by atoms with van der Waals surface area (Å²) in [5.41, 5.74) is 2.02. The van der Waals surface area contributed by atoms with E-state index in [1.807, 2.05) is 19.1 Å². The Morgan fingerprint density at radius 1 is 1.31 bits per heavy atom. The molecule has 0 amide bonds. The van der Waals surface area contributed by atoms with Gasteiger partial charge >= 0.3 is 0 Å². The number of para-hydroxylation sites is 1. The van der Waals surface area contributed by atoms with Crippen molar-refractivity contribution in [1.82, 2.24) is 5.32 Å². The van der Waals surface area contributed by atoms with Crippen LogP contribution in [0.25, 0.3) is 11.0 Å². The summed E-state index contributed by atoms with van der Waals surface area (Å²) in [7, 11) is 0. The number of rotatable bonds is 5. The van der Waals surface area contributed by atoms with E-state index in [4.69, 9.17) is 9.15 Å². The van der Waals surface area contributed by atoms with Crippen LogP contribution in [0.2, 0.25) is 0 Å². The molecule has 1 aromatic heterocycles. The van der Waals surface area contributed by atoms with Gasteiger partial charge in [0.25, 0.3) is 0 Å². The SMILES string of the molecule is CCNCc1coc2c(OCC)cccc12. The standard InChI is InChI=1S/C13H17NO2/c1-3-14-8-10-9-16-13-11(10)6-5-7-12(13)15-4-2/h5-7,9,14H,3-4,8H2,1-2H3. The molecule has 16 heavy (non-hydrogen) atoms. The van der Waals surface area contributed by atoms with Crippen molar-refractivity contribution in [3.8, 4) is 5.75 Å². The van der Waals surface area contributed by atoms with E-state index in [1.165, 1.54) is 5.56 Å². The monoisotopic (exact) mass is 219 g/mol. The van der Waals surface area contributed by atoms with Gasteiger partial charge in [-0.2, -0.15) is 0 Å². The maximum Gasteiger partial charge on any atom is 0.176 e. The van der Waals surface area contributed by atoms with E-state index in [0.717, 1.165) is 29.8 Å². The van der Waals surface area contributed by atoms with Gasteiger partial charge in [0.1, 0.15) is 0 Å². The lowest BCUT2D eigenvalue weighted by Crippen LogP contribution is -2.11. The average Bonchev–Trinajstić information content (AvgIpc) is 2.71. The van der Waals surface area contributed by atoms with Crippen LogP contribution >= 0.6 is 0 Å². The number of furan rings is 1. The van der Waals surface area contributed by atoms with Gasteiger partial charge < -0.3 is 14.5 Å². The molecule has 0 saturated carbocycles. The zero-order valence-electron chi connectivity index (χ0n) is 9.75. The Balaban J connectivity index is 2.36. The van der Waals surface area contributed by atoms with Crippen LogP contribution in [-0.4, -0.2) is 13.2 Å². The third-order valence-electron chi connectivity index (χ3n) is 2.51. The summed E-state index contributed by atoms with van der Waals surface area (Å²) in [6, 6.07) is 6.00. The molecule has 0 aliphatic rings. The third-order valence-corrected chi connectivity index (χ3v) is 2.51. The second kappa shape index (κ2) is 5.03. The lowest BCUT2D eigenvalue weighted by molar-refractivity contribution is 0.338. The van der Waals surface area contributed by atoms with E-state index >= 15 is 0 Å². The molecule has 2 rings (SSSR count). The topological polar surface area (TPSA) is 34.4 Å². The van der Waals surface area contributed by atoms with Crippen LogP contribution in [0.5, 0.6) is 5.75 Å². The number of hydrogen-bond donors (Lipinski definition) is 1. The fourth-order valence-electron chi connectivity index (χ4n) is 1.75. The molecule has 0 bridgehead atoms. The van der Waals surface area contributed by atoms with Crippen LogP contribution in [-0.2, 0) is 6.54 Å². The first-order valence-corrected chi connectivity index (χ1v) is 5.69. The van der Waals surface area contributed by atoms with Crippen molar-refractivity contribution in [2.24, 2.45) is 0 Å². The molecule has 86 valence electrons. The largest absolute Gasteiger partial charge is 0.490 e. The maximum absolute atomic E-state index is 5.56. The molecule has 0 aliphatic heterocycles. The minimum absolute atomic E-state index is 0.655. The zero-order chi connectivity index (χ0) is 11.4. The van der Waals surface area contributed by atoms with E-state index < -0.39 is 0 Å². The Kier molecular flexibility index (Phi) is 3.47. The van der Waals surface area contributed by atoms with Crippen molar-refractivity contribution < 1.29 is 9.15 Å². The summed E-state index contributed by atoms with van der Waals surface area (Å²) in [5.74, 6) is 0.822. The maximum atomic E-state index is 5.56. The number of ether oxygens (including phenoxy) is 1. The second-order valence-corrected chi connectivity index (χ2v) is 3.61. The van der Waals surface area contributed by atoms with Gasteiger partial charge in [-0.25, -0.2) is 0 Å². The molecule has 3 nitrogen and oxygen atoms in total. The summed E-state index contributed by atoms with van der Waals surface area (Å²) in [5, 5.41) is 4.42. The molecule has 1 aromatic carbocycles. The molecular weight excluding hydrogens is 202 g/mol. The molecule has 1 heterocycles. The van der Waals surface area contributed by atoms with Gasteiger partial charge in [-0.1, -0.05) is 19.1 Å². The van der Waals surface area contributed by atoms with E-state index in [-0.39, 0.29) is 0 Å². The highest BCUT2D eigenvalue weighted by Gasteiger charge is 2.09. The molecular formula is C13H17NO2. The van der Waals surface area contributed by atoms with Gasteiger partial charge in [-0.05, 0) is 19.5 Å². The molecule has 0 spiro atoms. The first kappa shape index (κ1) is 11.0. The quantitative estimate of drug-likeness (QED) is 0.839. The van der Waals surface area contributed by atoms with Crippen molar-refractivity contribution in [3.63, 3.8) is 0 Å². The molecule has 0 unspecified atom stereocenters. The van der Waals surface area contributed by atoms with Gasteiger partial charge in [0.05, 0.1) is 12.9 Å². The molecule has 0 aliphatic carbocycles. The van der Waals surface area contributed by atoms with Crippen LogP contribution in [0, 0.1) is 0 Å². The second-order valence-electron chi connectivity index (χ2n) is 3.61. The Bertz CT molecular complexity index is 462. The van der Waals surface area contributed by atoms with E-state index in [1.54, 1.807) is 6.26 Å². The highest BCUT2D eigenvalue weighted by molar-refractivity contribution is 5.86. The van der Waals surface area contributed by atoms with E-state index in [9.17, 15) is 0 Å². The van der Waals surface area contributed by atoms with Crippen LogP contribution in [0.3, 0.4) is 0 Å². The Morgan fingerprint density at radius 3 is 2.94 bits per heavy atom. The van der Waals surface area contributed by atoms with Crippen molar-refractivity contribution in [1.29, 1.82) is 0 Å². The first-order valence-electron chi connectivity index (χ1n) is 5.69. The van der Waals surface area contributed by atoms with Crippen molar-refractivity contribution in [2.75, 3.05) is 13.2 Å². The molecule has 0 atom stereocenters.